The lowest BCUT2D eigenvalue weighted by Crippen LogP contribution is -2.41. The summed E-state index contributed by atoms with van der Waals surface area (Å²) in [5, 5.41) is 5.34. The molecule has 0 heterocycles. The summed E-state index contributed by atoms with van der Waals surface area (Å²) < 4.78 is 73.2. The smallest absolute Gasteiger partial charge is 0.406 e. The van der Waals surface area contributed by atoms with Crippen LogP contribution in [0.15, 0.2) is 42.5 Å². The van der Waals surface area contributed by atoms with Gasteiger partial charge in [0.05, 0.1) is 12.7 Å². The van der Waals surface area contributed by atoms with Crippen LogP contribution in [0.4, 0.5) is 32.4 Å². The number of nitrogens with one attached hydrogen (secondary N) is 2. The van der Waals surface area contributed by atoms with E-state index in [1.807, 2.05) is 0 Å². The minimum absolute atomic E-state index is 0.103. The number of halogens is 5. The van der Waals surface area contributed by atoms with Crippen LogP contribution in [0.25, 0.3) is 0 Å². The van der Waals surface area contributed by atoms with Gasteiger partial charge in [-0.05, 0) is 62.1 Å². The molecule has 2 amide bonds. The van der Waals surface area contributed by atoms with E-state index in [2.05, 4.69) is 15.4 Å². The molecule has 1 aliphatic rings. The molecule has 5 nitrogen and oxygen atoms in total. The van der Waals surface area contributed by atoms with Crippen molar-refractivity contribution in [3.05, 3.63) is 59.7 Å². The Labute approximate surface area is 175 Å². The lowest BCUT2D eigenvalue weighted by atomic mass is 9.93. The highest BCUT2D eigenvalue weighted by atomic mass is 19.4. The Bertz CT molecular complexity index is 861. The van der Waals surface area contributed by atoms with Crippen molar-refractivity contribution >= 4 is 11.7 Å². The fourth-order valence-electron chi connectivity index (χ4n) is 3.34. The van der Waals surface area contributed by atoms with Crippen LogP contribution in [0.5, 0.6) is 5.75 Å². The number of alkyl halides is 3. The molecule has 0 bridgehead atoms. The molecule has 1 saturated carbocycles. The predicted molar refractivity (Wildman–Crippen MR) is 102 cm³/mol. The van der Waals surface area contributed by atoms with Crippen LogP contribution in [0, 0.1) is 11.6 Å². The third kappa shape index (κ3) is 7.09. The van der Waals surface area contributed by atoms with Gasteiger partial charge in [0, 0.05) is 17.3 Å². The van der Waals surface area contributed by atoms with Gasteiger partial charge < -0.3 is 20.1 Å². The van der Waals surface area contributed by atoms with Crippen LogP contribution < -0.4 is 15.4 Å². The molecule has 0 atom stereocenters. The molecule has 168 valence electrons. The molecule has 2 N–H and O–H groups in total. The van der Waals surface area contributed by atoms with E-state index in [-0.39, 0.29) is 30.1 Å². The van der Waals surface area contributed by atoms with Crippen LogP contribution in [0.3, 0.4) is 0 Å². The molecule has 31 heavy (non-hydrogen) atoms. The first kappa shape index (κ1) is 22.8. The van der Waals surface area contributed by atoms with Gasteiger partial charge in [0.2, 0.25) is 0 Å². The van der Waals surface area contributed by atoms with E-state index in [9.17, 15) is 26.7 Å². The van der Waals surface area contributed by atoms with Crippen molar-refractivity contribution in [1.29, 1.82) is 0 Å². The Kier molecular flexibility index (Phi) is 7.32. The highest BCUT2D eigenvalue weighted by Crippen LogP contribution is 2.25. The number of hydrogen-bond donors (Lipinski definition) is 2. The topological polar surface area (TPSA) is 59.6 Å². The number of carbonyl (C=O) groups excluding carboxylic acids is 1. The molecule has 10 heteroatoms. The first-order valence-corrected chi connectivity index (χ1v) is 9.67. The van der Waals surface area contributed by atoms with E-state index in [1.165, 1.54) is 30.3 Å². The van der Waals surface area contributed by atoms with Crippen molar-refractivity contribution < 1.29 is 36.2 Å². The summed E-state index contributed by atoms with van der Waals surface area (Å²) in [5.41, 5.74) is 0.213. The standard InChI is InChI=1S/C21H21F5N2O3/c22-18-2-1-3-19(23)17(18)12-30-15-8-4-13(5-9-15)27-20(29)28-14-6-10-16(11-7-14)31-21(24,25)26/h1-3,6-7,10-11,13,15H,4-5,8-9,12H2,(H2,27,28,29). The summed E-state index contributed by atoms with van der Waals surface area (Å²) in [6.45, 7) is -0.157. The number of urea groups is 1. The number of benzene rings is 2. The van der Waals surface area contributed by atoms with E-state index in [0.717, 1.165) is 12.1 Å². The number of carbonyl (C=O) groups is 1. The van der Waals surface area contributed by atoms with Crippen molar-refractivity contribution in [3.8, 4) is 5.75 Å². The van der Waals surface area contributed by atoms with Gasteiger partial charge in [0.15, 0.2) is 0 Å². The maximum absolute atomic E-state index is 13.7. The average molecular weight is 444 g/mol. The summed E-state index contributed by atoms with van der Waals surface area (Å²) >= 11 is 0. The van der Waals surface area contributed by atoms with Gasteiger partial charge in [0.1, 0.15) is 17.4 Å². The second-order valence-electron chi connectivity index (χ2n) is 7.16. The van der Waals surface area contributed by atoms with E-state index in [1.54, 1.807) is 0 Å². The Morgan fingerprint density at radius 3 is 2.16 bits per heavy atom. The second-order valence-corrected chi connectivity index (χ2v) is 7.16. The van der Waals surface area contributed by atoms with E-state index >= 15 is 0 Å². The molecule has 0 radical (unpaired) electrons. The first-order valence-electron chi connectivity index (χ1n) is 9.67. The maximum Gasteiger partial charge on any atom is 0.573 e. The predicted octanol–water partition coefficient (Wildman–Crippen LogP) is 5.51. The van der Waals surface area contributed by atoms with Gasteiger partial charge in [-0.2, -0.15) is 0 Å². The maximum atomic E-state index is 13.7. The number of amides is 2. The second kappa shape index (κ2) is 9.95. The zero-order chi connectivity index (χ0) is 22.4. The summed E-state index contributed by atoms with van der Waals surface area (Å²) in [5.74, 6) is -1.68. The molecule has 2 aromatic carbocycles. The molecule has 0 aliphatic heterocycles. The fraction of sp³-hybridized carbons (Fsp3) is 0.381. The Morgan fingerprint density at radius 1 is 0.968 bits per heavy atom. The molecule has 0 spiro atoms. The normalized spacial score (nSPS) is 19.0. The van der Waals surface area contributed by atoms with Gasteiger partial charge in [-0.3, -0.25) is 0 Å². The molecule has 2 aromatic rings. The van der Waals surface area contributed by atoms with Crippen LogP contribution in [-0.4, -0.2) is 24.5 Å². The van der Waals surface area contributed by atoms with E-state index < -0.39 is 24.0 Å². The van der Waals surface area contributed by atoms with Crippen LogP contribution in [0.2, 0.25) is 0 Å². The number of rotatable bonds is 6. The first-order chi connectivity index (χ1) is 14.7. The zero-order valence-corrected chi connectivity index (χ0v) is 16.3. The molecular weight excluding hydrogens is 423 g/mol. The highest BCUT2D eigenvalue weighted by Gasteiger charge is 2.31. The van der Waals surface area contributed by atoms with Gasteiger partial charge in [0.25, 0.3) is 0 Å². The van der Waals surface area contributed by atoms with Crippen molar-refractivity contribution in [2.75, 3.05) is 5.32 Å². The molecule has 0 unspecified atom stereocenters. The highest BCUT2D eigenvalue weighted by molar-refractivity contribution is 5.89. The summed E-state index contributed by atoms with van der Waals surface area (Å²) in [6.07, 6.45) is -2.47. The lowest BCUT2D eigenvalue weighted by Gasteiger charge is -2.29. The van der Waals surface area contributed by atoms with Gasteiger partial charge in [-0.1, -0.05) is 6.07 Å². The number of hydrogen-bond acceptors (Lipinski definition) is 3. The van der Waals surface area contributed by atoms with Crippen LogP contribution in [-0.2, 0) is 11.3 Å². The number of ether oxygens (including phenoxy) is 2. The molecule has 1 fully saturated rings. The van der Waals surface area contributed by atoms with Crippen LogP contribution in [0.1, 0.15) is 31.2 Å². The SMILES string of the molecule is O=C(Nc1ccc(OC(F)(F)F)cc1)NC1CCC(OCc2c(F)cccc2F)CC1. The third-order valence-corrected chi connectivity index (χ3v) is 4.88. The molecule has 0 aromatic heterocycles. The molecular formula is C21H21F5N2O3. The Morgan fingerprint density at radius 2 is 1.58 bits per heavy atom. The largest absolute Gasteiger partial charge is 0.573 e. The Balaban J connectivity index is 1.40. The van der Waals surface area contributed by atoms with Crippen molar-refractivity contribution in [2.45, 2.75) is 50.8 Å². The Hall–Kier alpha value is -2.88. The van der Waals surface area contributed by atoms with Gasteiger partial charge in [-0.15, -0.1) is 13.2 Å². The van der Waals surface area contributed by atoms with E-state index in [0.29, 0.717) is 31.4 Å². The van der Waals surface area contributed by atoms with Crippen molar-refractivity contribution in [3.63, 3.8) is 0 Å². The fourth-order valence-corrected chi connectivity index (χ4v) is 3.34. The molecule has 3 rings (SSSR count). The van der Waals surface area contributed by atoms with Crippen molar-refractivity contribution in [2.24, 2.45) is 0 Å². The average Bonchev–Trinajstić information content (AvgIpc) is 2.69. The lowest BCUT2D eigenvalue weighted by molar-refractivity contribution is -0.274. The minimum Gasteiger partial charge on any atom is -0.406 e. The van der Waals surface area contributed by atoms with E-state index in [4.69, 9.17) is 4.74 Å². The number of anilines is 1. The summed E-state index contributed by atoms with van der Waals surface area (Å²) in [4.78, 5) is 12.1. The molecule has 1 aliphatic carbocycles. The van der Waals surface area contributed by atoms with Gasteiger partial charge >= 0.3 is 12.4 Å². The minimum atomic E-state index is -4.78. The summed E-state index contributed by atoms with van der Waals surface area (Å²) in [7, 11) is 0. The van der Waals surface area contributed by atoms with Gasteiger partial charge in [-0.25, -0.2) is 13.6 Å². The quantitative estimate of drug-likeness (QED) is 0.578. The van der Waals surface area contributed by atoms with Crippen LogP contribution >= 0.6 is 0 Å². The molecule has 0 saturated heterocycles. The van der Waals surface area contributed by atoms with Crippen molar-refractivity contribution in [1.82, 2.24) is 5.32 Å². The third-order valence-electron chi connectivity index (χ3n) is 4.88. The summed E-state index contributed by atoms with van der Waals surface area (Å²) in [6, 6.07) is 7.85. The zero-order valence-electron chi connectivity index (χ0n) is 16.3. The monoisotopic (exact) mass is 444 g/mol.